The van der Waals surface area contributed by atoms with Gasteiger partial charge in [-0.25, -0.2) is 0 Å². The Bertz CT molecular complexity index is 355. The topological polar surface area (TPSA) is 35.5 Å². The molecular weight excluding hydrogens is 280 g/mol. The standard InChI is InChI=1S/C13H19BrN2O/c1-10-7-16(13(9-17)6-15-10)8-11-2-4-12(14)5-3-11/h2-5,10,13,15,17H,6-9H2,1H3. The van der Waals surface area contributed by atoms with Crippen molar-refractivity contribution in [3.8, 4) is 0 Å². The Morgan fingerprint density at radius 1 is 1.41 bits per heavy atom. The van der Waals surface area contributed by atoms with Crippen LogP contribution in [-0.2, 0) is 6.54 Å². The van der Waals surface area contributed by atoms with Gasteiger partial charge in [-0.05, 0) is 24.6 Å². The van der Waals surface area contributed by atoms with Crippen molar-refractivity contribution < 1.29 is 5.11 Å². The van der Waals surface area contributed by atoms with Crippen LogP contribution in [0.15, 0.2) is 28.7 Å². The molecular formula is C13H19BrN2O. The average molecular weight is 299 g/mol. The molecule has 0 saturated carbocycles. The molecule has 2 rings (SSSR count). The molecule has 1 saturated heterocycles. The third-order valence-corrected chi connectivity index (χ3v) is 3.77. The van der Waals surface area contributed by atoms with E-state index in [-0.39, 0.29) is 12.6 Å². The first-order valence-corrected chi connectivity index (χ1v) is 6.81. The monoisotopic (exact) mass is 298 g/mol. The van der Waals surface area contributed by atoms with Gasteiger partial charge >= 0.3 is 0 Å². The lowest BCUT2D eigenvalue weighted by molar-refractivity contribution is 0.0781. The van der Waals surface area contributed by atoms with Crippen LogP contribution in [0.5, 0.6) is 0 Å². The predicted octanol–water partition coefficient (Wildman–Crippen LogP) is 1.60. The molecule has 0 amide bonds. The summed E-state index contributed by atoms with van der Waals surface area (Å²) in [5.74, 6) is 0. The highest BCUT2D eigenvalue weighted by molar-refractivity contribution is 9.10. The fraction of sp³-hybridized carbons (Fsp3) is 0.538. The van der Waals surface area contributed by atoms with Crippen LogP contribution < -0.4 is 5.32 Å². The van der Waals surface area contributed by atoms with Gasteiger partial charge in [0, 0.05) is 36.2 Å². The molecule has 94 valence electrons. The zero-order chi connectivity index (χ0) is 12.3. The summed E-state index contributed by atoms with van der Waals surface area (Å²) in [6, 6.07) is 9.11. The second-order valence-electron chi connectivity index (χ2n) is 4.70. The molecule has 2 unspecified atom stereocenters. The maximum atomic E-state index is 9.38. The largest absolute Gasteiger partial charge is 0.395 e. The van der Waals surface area contributed by atoms with Gasteiger partial charge in [0.1, 0.15) is 0 Å². The molecule has 0 aliphatic carbocycles. The summed E-state index contributed by atoms with van der Waals surface area (Å²) >= 11 is 3.44. The molecule has 1 heterocycles. The lowest BCUT2D eigenvalue weighted by Crippen LogP contribution is -2.56. The smallest absolute Gasteiger partial charge is 0.0599 e. The van der Waals surface area contributed by atoms with Crippen LogP contribution in [0.3, 0.4) is 0 Å². The van der Waals surface area contributed by atoms with Gasteiger partial charge in [-0.1, -0.05) is 28.1 Å². The fourth-order valence-electron chi connectivity index (χ4n) is 2.23. The van der Waals surface area contributed by atoms with E-state index in [1.165, 1.54) is 5.56 Å². The summed E-state index contributed by atoms with van der Waals surface area (Å²) < 4.78 is 1.11. The Labute approximate surface area is 111 Å². The molecule has 17 heavy (non-hydrogen) atoms. The van der Waals surface area contributed by atoms with E-state index >= 15 is 0 Å². The summed E-state index contributed by atoms with van der Waals surface area (Å²) in [5.41, 5.74) is 1.29. The molecule has 0 aromatic heterocycles. The van der Waals surface area contributed by atoms with Crippen LogP contribution >= 0.6 is 15.9 Å². The molecule has 1 aromatic rings. The van der Waals surface area contributed by atoms with Crippen molar-refractivity contribution in [2.24, 2.45) is 0 Å². The molecule has 1 aromatic carbocycles. The SMILES string of the molecule is CC1CN(Cc2ccc(Br)cc2)C(CO)CN1. The number of nitrogens with zero attached hydrogens (tertiary/aromatic N) is 1. The van der Waals surface area contributed by atoms with Crippen molar-refractivity contribution in [3.63, 3.8) is 0 Å². The number of nitrogens with one attached hydrogen (secondary N) is 1. The quantitative estimate of drug-likeness (QED) is 0.890. The second-order valence-corrected chi connectivity index (χ2v) is 5.62. The van der Waals surface area contributed by atoms with Gasteiger partial charge in [-0.3, -0.25) is 4.90 Å². The average Bonchev–Trinajstić information content (AvgIpc) is 2.32. The number of aliphatic hydroxyl groups is 1. The molecule has 3 nitrogen and oxygen atoms in total. The maximum Gasteiger partial charge on any atom is 0.0599 e. The van der Waals surface area contributed by atoms with Crippen molar-refractivity contribution in [3.05, 3.63) is 34.3 Å². The third kappa shape index (κ3) is 3.52. The molecule has 1 aliphatic heterocycles. The van der Waals surface area contributed by atoms with E-state index < -0.39 is 0 Å². The van der Waals surface area contributed by atoms with E-state index in [4.69, 9.17) is 0 Å². The van der Waals surface area contributed by atoms with Gasteiger partial charge in [-0.2, -0.15) is 0 Å². The van der Waals surface area contributed by atoms with E-state index in [1.807, 2.05) is 0 Å². The van der Waals surface area contributed by atoms with Crippen molar-refractivity contribution in [1.82, 2.24) is 10.2 Å². The summed E-state index contributed by atoms with van der Waals surface area (Å²) in [5, 5.41) is 12.8. The Hall–Kier alpha value is -0.420. The minimum absolute atomic E-state index is 0.219. The molecule has 0 radical (unpaired) electrons. The maximum absolute atomic E-state index is 9.38. The minimum atomic E-state index is 0.219. The van der Waals surface area contributed by atoms with Gasteiger partial charge in [0.05, 0.1) is 6.61 Å². The van der Waals surface area contributed by atoms with E-state index in [2.05, 4.69) is 57.3 Å². The summed E-state index contributed by atoms with van der Waals surface area (Å²) in [6.07, 6.45) is 0. The Kier molecular flexibility index (Phi) is 4.56. The predicted molar refractivity (Wildman–Crippen MR) is 72.9 cm³/mol. The first-order valence-electron chi connectivity index (χ1n) is 6.02. The van der Waals surface area contributed by atoms with Gasteiger partial charge in [0.15, 0.2) is 0 Å². The highest BCUT2D eigenvalue weighted by atomic mass is 79.9. The molecule has 0 bridgehead atoms. The summed E-state index contributed by atoms with van der Waals surface area (Å²) in [7, 11) is 0. The molecule has 2 atom stereocenters. The number of piperazine rings is 1. The Morgan fingerprint density at radius 2 is 2.12 bits per heavy atom. The van der Waals surface area contributed by atoms with Gasteiger partial charge in [0.2, 0.25) is 0 Å². The third-order valence-electron chi connectivity index (χ3n) is 3.24. The number of rotatable bonds is 3. The summed E-state index contributed by atoms with van der Waals surface area (Å²) in [4.78, 5) is 2.35. The van der Waals surface area contributed by atoms with Crippen LogP contribution in [0.4, 0.5) is 0 Å². The van der Waals surface area contributed by atoms with E-state index in [1.54, 1.807) is 0 Å². The Balaban J connectivity index is 2.02. The lowest BCUT2D eigenvalue weighted by atomic mass is 10.1. The Morgan fingerprint density at radius 3 is 2.76 bits per heavy atom. The van der Waals surface area contributed by atoms with Crippen LogP contribution in [-0.4, -0.2) is 41.8 Å². The number of hydrogen-bond acceptors (Lipinski definition) is 3. The van der Waals surface area contributed by atoms with Crippen LogP contribution in [0, 0.1) is 0 Å². The van der Waals surface area contributed by atoms with E-state index in [0.717, 1.165) is 24.1 Å². The van der Waals surface area contributed by atoms with Crippen molar-refractivity contribution in [1.29, 1.82) is 0 Å². The van der Waals surface area contributed by atoms with Crippen LogP contribution in [0.25, 0.3) is 0 Å². The number of hydrogen-bond donors (Lipinski definition) is 2. The highest BCUT2D eigenvalue weighted by Crippen LogP contribution is 2.15. The number of halogens is 1. The first kappa shape index (κ1) is 13.0. The fourth-order valence-corrected chi connectivity index (χ4v) is 2.49. The number of benzene rings is 1. The van der Waals surface area contributed by atoms with Crippen LogP contribution in [0.1, 0.15) is 12.5 Å². The minimum Gasteiger partial charge on any atom is -0.395 e. The molecule has 2 N–H and O–H groups in total. The van der Waals surface area contributed by atoms with E-state index in [9.17, 15) is 5.11 Å². The zero-order valence-electron chi connectivity index (χ0n) is 10.1. The highest BCUT2D eigenvalue weighted by Gasteiger charge is 2.24. The number of aliphatic hydroxyl groups excluding tert-OH is 1. The molecule has 1 aliphatic rings. The van der Waals surface area contributed by atoms with Crippen LogP contribution in [0.2, 0.25) is 0 Å². The lowest BCUT2D eigenvalue weighted by Gasteiger charge is -2.38. The summed E-state index contributed by atoms with van der Waals surface area (Å²) in [6.45, 7) is 5.17. The van der Waals surface area contributed by atoms with Gasteiger partial charge in [0.25, 0.3) is 0 Å². The molecule has 4 heteroatoms. The van der Waals surface area contributed by atoms with Crippen molar-refractivity contribution in [2.75, 3.05) is 19.7 Å². The normalized spacial score (nSPS) is 26.1. The zero-order valence-corrected chi connectivity index (χ0v) is 11.7. The van der Waals surface area contributed by atoms with Crippen molar-refractivity contribution in [2.45, 2.75) is 25.6 Å². The molecule has 0 spiro atoms. The second kappa shape index (κ2) is 5.96. The van der Waals surface area contributed by atoms with E-state index in [0.29, 0.717) is 6.04 Å². The van der Waals surface area contributed by atoms with Gasteiger partial charge in [-0.15, -0.1) is 0 Å². The molecule has 1 fully saturated rings. The first-order chi connectivity index (χ1) is 8.19. The van der Waals surface area contributed by atoms with Gasteiger partial charge < -0.3 is 10.4 Å². The van der Waals surface area contributed by atoms with Crippen molar-refractivity contribution >= 4 is 15.9 Å².